The van der Waals surface area contributed by atoms with Crippen LogP contribution < -0.4 is 0 Å². The summed E-state index contributed by atoms with van der Waals surface area (Å²) in [5.41, 5.74) is 3.72. The quantitative estimate of drug-likeness (QED) is 0.564. The third kappa shape index (κ3) is 3.85. The van der Waals surface area contributed by atoms with Crippen LogP contribution in [0.2, 0.25) is 0 Å². The Morgan fingerprint density at radius 1 is 0.957 bits per heavy atom. The molecule has 1 heterocycles. The van der Waals surface area contributed by atoms with Crippen LogP contribution in [-0.4, -0.2) is 14.8 Å². The van der Waals surface area contributed by atoms with Crippen LogP contribution in [0, 0.1) is 6.92 Å². The van der Waals surface area contributed by atoms with Gasteiger partial charge < -0.3 is 0 Å². The van der Waals surface area contributed by atoms with Crippen molar-refractivity contribution in [3.63, 3.8) is 0 Å². The van der Waals surface area contributed by atoms with Gasteiger partial charge in [0.25, 0.3) is 0 Å². The van der Waals surface area contributed by atoms with E-state index in [1.54, 1.807) is 11.8 Å². The molecule has 3 aromatic rings. The highest BCUT2D eigenvalue weighted by atomic mass is 79.9. The largest absolute Gasteiger partial charge is 0.274 e. The fraction of sp³-hybridized carbons (Fsp3) is 0.222. The second-order valence-electron chi connectivity index (χ2n) is 5.30. The van der Waals surface area contributed by atoms with Crippen molar-refractivity contribution in [2.75, 3.05) is 0 Å². The van der Waals surface area contributed by atoms with E-state index >= 15 is 0 Å². The number of hydrogen-bond donors (Lipinski definition) is 0. The maximum atomic E-state index is 4.33. The minimum absolute atomic E-state index is 0.873. The molecule has 3 rings (SSSR count). The van der Waals surface area contributed by atoms with Crippen LogP contribution in [0.15, 0.2) is 58.2 Å². The Morgan fingerprint density at radius 2 is 1.61 bits per heavy atom. The first-order chi connectivity index (χ1) is 11.2. The second-order valence-corrected chi connectivity index (χ2v) is 7.16. The highest BCUT2D eigenvalue weighted by Crippen LogP contribution is 2.25. The Labute approximate surface area is 149 Å². The Hall–Kier alpha value is -1.59. The number of benzene rings is 2. The molecular weight excluding hydrogens is 370 g/mol. The van der Waals surface area contributed by atoms with E-state index in [1.165, 1.54) is 11.1 Å². The lowest BCUT2D eigenvalue weighted by atomic mass is 10.1. The smallest absolute Gasteiger partial charge is 0.196 e. The molecule has 0 aliphatic heterocycles. The summed E-state index contributed by atoms with van der Waals surface area (Å²) in [6.45, 7) is 4.16. The average molecular weight is 388 g/mol. The fourth-order valence-corrected chi connectivity index (χ4v) is 3.56. The number of thioether (sulfide) groups is 1. The molecule has 1 aromatic heterocycles. The maximum Gasteiger partial charge on any atom is 0.196 e. The molecule has 0 bridgehead atoms. The lowest BCUT2D eigenvalue weighted by molar-refractivity contribution is 0.867. The van der Waals surface area contributed by atoms with Crippen molar-refractivity contribution in [3.8, 4) is 5.69 Å². The minimum atomic E-state index is 0.873. The highest BCUT2D eigenvalue weighted by molar-refractivity contribution is 9.10. The zero-order chi connectivity index (χ0) is 16.2. The fourth-order valence-electron chi connectivity index (χ4n) is 2.34. The predicted octanol–water partition coefficient (Wildman–Crippen LogP) is 5.19. The lowest BCUT2D eigenvalue weighted by Crippen LogP contribution is -1.99. The van der Waals surface area contributed by atoms with E-state index in [-0.39, 0.29) is 0 Å². The zero-order valence-electron chi connectivity index (χ0n) is 13.2. The van der Waals surface area contributed by atoms with Crippen LogP contribution in [0.4, 0.5) is 0 Å². The minimum Gasteiger partial charge on any atom is -0.274 e. The van der Waals surface area contributed by atoms with Crippen LogP contribution >= 0.6 is 27.7 Å². The van der Waals surface area contributed by atoms with Gasteiger partial charge in [0.05, 0.1) is 0 Å². The van der Waals surface area contributed by atoms with E-state index in [4.69, 9.17) is 0 Å². The zero-order valence-corrected chi connectivity index (χ0v) is 15.6. The Morgan fingerprint density at radius 3 is 2.26 bits per heavy atom. The predicted molar refractivity (Wildman–Crippen MR) is 99.2 cm³/mol. The lowest BCUT2D eigenvalue weighted by Gasteiger charge is -2.09. The normalized spacial score (nSPS) is 10.9. The van der Waals surface area contributed by atoms with Gasteiger partial charge in [0, 0.05) is 15.9 Å². The summed E-state index contributed by atoms with van der Waals surface area (Å²) in [6, 6.07) is 17.0. The van der Waals surface area contributed by atoms with Gasteiger partial charge in [0.15, 0.2) is 5.16 Å². The highest BCUT2D eigenvalue weighted by Gasteiger charge is 2.11. The Bertz CT molecular complexity index is 779. The molecule has 23 heavy (non-hydrogen) atoms. The Kier molecular flexibility index (Phi) is 5.18. The monoisotopic (exact) mass is 387 g/mol. The van der Waals surface area contributed by atoms with Gasteiger partial charge in [0.1, 0.15) is 5.82 Å². The molecule has 0 aliphatic rings. The number of aromatic nitrogens is 3. The van der Waals surface area contributed by atoms with E-state index in [9.17, 15) is 0 Å². The van der Waals surface area contributed by atoms with Crippen molar-refractivity contribution in [1.29, 1.82) is 0 Å². The van der Waals surface area contributed by atoms with E-state index in [0.29, 0.717) is 0 Å². The summed E-state index contributed by atoms with van der Waals surface area (Å²) in [7, 11) is 0. The molecule has 118 valence electrons. The third-order valence-corrected chi connectivity index (χ3v) is 5.21. The molecule has 0 N–H and O–H groups in total. The van der Waals surface area contributed by atoms with Gasteiger partial charge >= 0.3 is 0 Å². The van der Waals surface area contributed by atoms with Crippen LogP contribution in [0.5, 0.6) is 0 Å². The molecule has 0 fully saturated rings. The van der Waals surface area contributed by atoms with Gasteiger partial charge in [0.2, 0.25) is 0 Å². The molecule has 0 amide bonds. The second kappa shape index (κ2) is 7.32. The average Bonchev–Trinajstić information content (AvgIpc) is 2.95. The van der Waals surface area contributed by atoms with Crippen molar-refractivity contribution in [3.05, 3.63) is 70.0 Å². The van der Waals surface area contributed by atoms with Crippen LogP contribution in [0.25, 0.3) is 5.69 Å². The number of halogens is 1. The SMILES string of the molecule is CCc1ccc(-n2c(C)nnc2SCc2ccc(Br)cc2)cc1. The topological polar surface area (TPSA) is 30.7 Å². The van der Waals surface area contributed by atoms with Gasteiger partial charge in [-0.15, -0.1) is 10.2 Å². The molecule has 2 aromatic carbocycles. The van der Waals surface area contributed by atoms with Gasteiger partial charge in [-0.1, -0.05) is 58.9 Å². The van der Waals surface area contributed by atoms with Gasteiger partial charge in [-0.3, -0.25) is 4.57 Å². The molecule has 0 aliphatic carbocycles. The first-order valence-electron chi connectivity index (χ1n) is 7.56. The number of rotatable bonds is 5. The first kappa shape index (κ1) is 16.3. The molecule has 5 heteroatoms. The standard InChI is InChI=1S/C18H18BrN3S/c1-3-14-6-10-17(11-7-14)22-13(2)20-21-18(22)23-12-15-4-8-16(19)9-5-15/h4-11H,3,12H2,1-2H3. The van der Waals surface area contributed by atoms with Crippen LogP contribution in [0.3, 0.4) is 0 Å². The molecule has 3 nitrogen and oxygen atoms in total. The number of nitrogens with zero attached hydrogens (tertiary/aromatic N) is 3. The van der Waals surface area contributed by atoms with Crippen LogP contribution in [-0.2, 0) is 12.2 Å². The van der Waals surface area contributed by atoms with Crippen LogP contribution in [0.1, 0.15) is 23.9 Å². The summed E-state index contributed by atoms with van der Waals surface area (Å²) in [5, 5.41) is 9.51. The van der Waals surface area contributed by atoms with E-state index in [0.717, 1.165) is 33.3 Å². The summed E-state index contributed by atoms with van der Waals surface area (Å²) in [5.74, 6) is 1.78. The van der Waals surface area contributed by atoms with E-state index < -0.39 is 0 Å². The van der Waals surface area contributed by atoms with E-state index in [1.807, 2.05) is 6.92 Å². The Balaban J connectivity index is 1.81. The molecule has 0 atom stereocenters. The third-order valence-electron chi connectivity index (χ3n) is 3.68. The van der Waals surface area contributed by atoms with Crippen molar-refractivity contribution in [2.45, 2.75) is 31.2 Å². The van der Waals surface area contributed by atoms with Gasteiger partial charge in [-0.2, -0.15) is 0 Å². The van der Waals surface area contributed by atoms with Gasteiger partial charge in [-0.05, 0) is 48.7 Å². The summed E-state index contributed by atoms with van der Waals surface area (Å²) in [4.78, 5) is 0. The molecular formula is C18H18BrN3S. The summed E-state index contributed by atoms with van der Waals surface area (Å²) >= 11 is 5.17. The van der Waals surface area contributed by atoms with Gasteiger partial charge in [-0.25, -0.2) is 0 Å². The van der Waals surface area contributed by atoms with Crippen molar-refractivity contribution >= 4 is 27.7 Å². The number of aryl methyl sites for hydroxylation is 2. The molecule has 0 saturated heterocycles. The molecule has 0 radical (unpaired) electrons. The maximum absolute atomic E-state index is 4.33. The molecule has 0 unspecified atom stereocenters. The molecule has 0 spiro atoms. The summed E-state index contributed by atoms with van der Waals surface area (Å²) < 4.78 is 3.21. The van der Waals surface area contributed by atoms with Crippen molar-refractivity contribution in [1.82, 2.24) is 14.8 Å². The van der Waals surface area contributed by atoms with Crippen molar-refractivity contribution in [2.24, 2.45) is 0 Å². The first-order valence-corrected chi connectivity index (χ1v) is 9.34. The summed E-state index contributed by atoms with van der Waals surface area (Å²) in [6.07, 6.45) is 1.05. The molecule has 0 saturated carbocycles. The van der Waals surface area contributed by atoms with E-state index in [2.05, 4.69) is 86.1 Å². The van der Waals surface area contributed by atoms with Crippen molar-refractivity contribution < 1.29 is 0 Å². The number of hydrogen-bond acceptors (Lipinski definition) is 3.